The number of nitrogens with zero attached hydrogens (tertiary/aromatic N) is 4. The summed E-state index contributed by atoms with van der Waals surface area (Å²) in [6.07, 6.45) is 4.14. The lowest BCUT2D eigenvalue weighted by Crippen LogP contribution is -2.45. The number of rotatable bonds is 5. The van der Waals surface area contributed by atoms with Gasteiger partial charge in [0, 0.05) is 50.9 Å². The minimum atomic E-state index is -0.759. The van der Waals surface area contributed by atoms with Gasteiger partial charge in [0.05, 0.1) is 17.8 Å². The zero-order chi connectivity index (χ0) is 20.4. The number of anilines is 1. The number of benzene rings is 1. The van der Waals surface area contributed by atoms with E-state index < -0.39 is 5.97 Å². The molecule has 1 aromatic carbocycles. The van der Waals surface area contributed by atoms with Crippen LogP contribution in [0.15, 0.2) is 24.3 Å². The lowest BCUT2D eigenvalue weighted by atomic mass is 10.00. The van der Waals surface area contributed by atoms with Gasteiger partial charge < -0.3 is 10.0 Å². The summed E-state index contributed by atoms with van der Waals surface area (Å²) in [5.74, 6) is -0.759. The standard InChI is InChI=1S/C23H32N4O2/c1-17-5-3-6-22(18(17)2)25-13-9-20(10-14-25)26-11-4-12-27-21(16-26)15-19(24-27)7-8-23(28)29/h3,5-6,15,20H,4,7-14,16H2,1-2H3,(H,28,29). The molecule has 2 aliphatic heterocycles. The highest BCUT2D eigenvalue weighted by Crippen LogP contribution is 2.28. The zero-order valence-electron chi connectivity index (χ0n) is 17.6. The molecule has 2 aliphatic rings. The van der Waals surface area contributed by atoms with Gasteiger partial charge in [-0.25, -0.2) is 0 Å². The number of aliphatic carboxylic acids is 1. The Balaban J connectivity index is 1.39. The molecule has 0 atom stereocenters. The Hall–Kier alpha value is -2.34. The maximum Gasteiger partial charge on any atom is 0.303 e. The van der Waals surface area contributed by atoms with Gasteiger partial charge in [0.2, 0.25) is 0 Å². The Bertz CT molecular complexity index is 868. The van der Waals surface area contributed by atoms with E-state index in [1.807, 2.05) is 0 Å². The Kier molecular flexibility index (Phi) is 5.90. The van der Waals surface area contributed by atoms with E-state index in [1.54, 1.807) is 0 Å². The first-order valence-corrected chi connectivity index (χ1v) is 10.8. The van der Waals surface area contributed by atoms with Crippen molar-refractivity contribution in [2.24, 2.45) is 0 Å². The number of carboxylic acids is 1. The van der Waals surface area contributed by atoms with Gasteiger partial charge in [-0.2, -0.15) is 5.10 Å². The molecule has 2 aromatic rings. The van der Waals surface area contributed by atoms with Gasteiger partial charge in [0.25, 0.3) is 0 Å². The van der Waals surface area contributed by atoms with E-state index in [0.717, 1.165) is 44.8 Å². The average molecular weight is 397 g/mol. The molecule has 0 radical (unpaired) electrons. The van der Waals surface area contributed by atoms with Crippen LogP contribution < -0.4 is 4.90 Å². The maximum atomic E-state index is 10.9. The van der Waals surface area contributed by atoms with Gasteiger partial charge in [-0.3, -0.25) is 14.4 Å². The molecule has 0 bridgehead atoms. The molecule has 0 saturated carbocycles. The molecule has 1 aromatic heterocycles. The van der Waals surface area contributed by atoms with Gasteiger partial charge in [-0.1, -0.05) is 12.1 Å². The van der Waals surface area contributed by atoms with E-state index in [-0.39, 0.29) is 6.42 Å². The number of fused-ring (bicyclic) bond motifs is 1. The number of aryl methyl sites for hydroxylation is 3. The molecule has 6 heteroatoms. The number of carboxylic acid groups (broad SMARTS) is 1. The van der Waals surface area contributed by atoms with Crippen LogP contribution in [0.3, 0.4) is 0 Å². The second-order valence-electron chi connectivity index (χ2n) is 8.51. The quantitative estimate of drug-likeness (QED) is 0.839. The molecule has 1 saturated heterocycles. The van der Waals surface area contributed by atoms with Gasteiger partial charge in [0.15, 0.2) is 0 Å². The van der Waals surface area contributed by atoms with E-state index in [2.05, 4.69) is 57.7 Å². The molecular weight excluding hydrogens is 364 g/mol. The van der Waals surface area contributed by atoms with Crippen molar-refractivity contribution in [2.45, 2.75) is 65.1 Å². The highest BCUT2D eigenvalue weighted by atomic mass is 16.4. The predicted molar refractivity (Wildman–Crippen MR) is 114 cm³/mol. The van der Waals surface area contributed by atoms with E-state index in [4.69, 9.17) is 5.11 Å². The number of hydrogen-bond donors (Lipinski definition) is 1. The smallest absolute Gasteiger partial charge is 0.303 e. The van der Waals surface area contributed by atoms with Crippen LogP contribution in [-0.4, -0.2) is 51.4 Å². The van der Waals surface area contributed by atoms with Gasteiger partial charge in [0.1, 0.15) is 0 Å². The first kappa shape index (κ1) is 20.0. The highest BCUT2D eigenvalue weighted by Gasteiger charge is 2.27. The molecular formula is C23H32N4O2. The third kappa shape index (κ3) is 4.47. The molecule has 0 unspecified atom stereocenters. The minimum absolute atomic E-state index is 0.150. The largest absolute Gasteiger partial charge is 0.481 e. The lowest BCUT2D eigenvalue weighted by molar-refractivity contribution is -0.136. The molecule has 0 aliphatic carbocycles. The SMILES string of the molecule is Cc1cccc(N2CCC(N3CCCn4nc(CCC(=O)O)cc4C3)CC2)c1C. The van der Waals surface area contributed by atoms with Crippen molar-refractivity contribution in [3.8, 4) is 0 Å². The van der Waals surface area contributed by atoms with Gasteiger partial charge in [-0.15, -0.1) is 0 Å². The highest BCUT2D eigenvalue weighted by molar-refractivity contribution is 5.66. The summed E-state index contributed by atoms with van der Waals surface area (Å²) in [5, 5.41) is 13.6. The summed E-state index contributed by atoms with van der Waals surface area (Å²) in [4.78, 5) is 16.0. The normalized spacial score (nSPS) is 18.5. The van der Waals surface area contributed by atoms with Crippen molar-refractivity contribution >= 4 is 11.7 Å². The second-order valence-corrected chi connectivity index (χ2v) is 8.51. The summed E-state index contributed by atoms with van der Waals surface area (Å²) in [6, 6.07) is 9.34. The monoisotopic (exact) mass is 396 g/mol. The third-order valence-electron chi connectivity index (χ3n) is 6.59. The topological polar surface area (TPSA) is 61.6 Å². The lowest BCUT2D eigenvalue weighted by Gasteiger charge is -2.39. The third-order valence-corrected chi connectivity index (χ3v) is 6.59. The fraction of sp³-hybridized carbons (Fsp3) is 0.565. The predicted octanol–water partition coefficient (Wildman–Crippen LogP) is 3.39. The Morgan fingerprint density at radius 3 is 2.72 bits per heavy atom. The average Bonchev–Trinajstić information content (AvgIpc) is 2.99. The van der Waals surface area contributed by atoms with Crippen LogP contribution in [-0.2, 0) is 24.3 Å². The zero-order valence-corrected chi connectivity index (χ0v) is 17.6. The number of hydrogen-bond acceptors (Lipinski definition) is 4. The Labute approximate surface area is 173 Å². The number of aromatic nitrogens is 2. The van der Waals surface area contributed by atoms with Gasteiger partial charge >= 0.3 is 5.97 Å². The fourth-order valence-corrected chi connectivity index (χ4v) is 4.77. The van der Waals surface area contributed by atoms with Crippen LogP contribution in [0, 0.1) is 13.8 Å². The van der Waals surface area contributed by atoms with Crippen molar-refractivity contribution in [3.05, 3.63) is 46.8 Å². The summed E-state index contributed by atoms with van der Waals surface area (Å²) < 4.78 is 2.10. The van der Waals surface area contributed by atoms with E-state index in [0.29, 0.717) is 12.5 Å². The van der Waals surface area contributed by atoms with Crippen LogP contribution >= 0.6 is 0 Å². The Morgan fingerprint density at radius 1 is 1.17 bits per heavy atom. The van der Waals surface area contributed by atoms with Crippen LogP contribution in [0.25, 0.3) is 0 Å². The van der Waals surface area contributed by atoms with Crippen molar-refractivity contribution in [1.82, 2.24) is 14.7 Å². The van der Waals surface area contributed by atoms with Crippen LogP contribution in [0.5, 0.6) is 0 Å². The van der Waals surface area contributed by atoms with Gasteiger partial charge in [-0.05, 0) is 56.4 Å². The van der Waals surface area contributed by atoms with E-state index in [9.17, 15) is 4.79 Å². The maximum absolute atomic E-state index is 10.9. The number of carbonyl (C=O) groups is 1. The van der Waals surface area contributed by atoms with Crippen LogP contribution in [0.2, 0.25) is 0 Å². The second kappa shape index (κ2) is 8.57. The van der Waals surface area contributed by atoms with Crippen molar-refractivity contribution < 1.29 is 9.90 Å². The van der Waals surface area contributed by atoms with E-state index >= 15 is 0 Å². The van der Waals surface area contributed by atoms with Crippen molar-refractivity contribution in [1.29, 1.82) is 0 Å². The van der Waals surface area contributed by atoms with E-state index in [1.165, 1.54) is 35.3 Å². The summed E-state index contributed by atoms with van der Waals surface area (Å²) in [6.45, 7) is 9.60. The fourth-order valence-electron chi connectivity index (χ4n) is 4.77. The number of piperidine rings is 1. The Morgan fingerprint density at radius 2 is 1.97 bits per heavy atom. The first-order chi connectivity index (χ1) is 14.0. The molecule has 0 amide bonds. The molecule has 3 heterocycles. The first-order valence-electron chi connectivity index (χ1n) is 10.8. The summed E-state index contributed by atoms with van der Waals surface area (Å²) in [5.41, 5.74) is 6.30. The molecule has 4 rings (SSSR count). The van der Waals surface area contributed by atoms with Crippen LogP contribution in [0.4, 0.5) is 5.69 Å². The molecule has 6 nitrogen and oxygen atoms in total. The summed E-state index contributed by atoms with van der Waals surface area (Å²) >= 11 is 0. The molecule has 0 spiro atoms. The van der Waals surface area contributed by atoms with Crippen molar-refractivity contribution in [2.75, 3.05) is 24.5 Å². The molecule has 156 valence electrons. The molecule has 1 fully saturated rings. The molecule has 1 N–H and O–H groups in total. The molecule has 29 heavy (non-hydrogen) atoms. The van der Waals surface area contributed by atoms with Crippen molar-refractivity contribution in [3.63, 3.8) is 0 Å². The van der Waals surface area contributed by atoms with Crippen LogP contribution in [0.1, 0.15) is 48.2 Å². The minimum Gasteiger partial charge on any atom is -0.481 e. The summed E-state index contributed by atoms with van der Waals surface area (Å²) in [7, 11) is 0.